The highest BCUT2D eigenvalue weighted by atomic mass is 16.3. The van der Waals surface area contributed by atoms with Crippen molar-refractivity contribution in [2.24, 2.45) is 0 Å². The quantitative estimate of drug-likeness (QED) is 0.892. The second kappa shape index (κ2) is 5.62. The molecule has 102 valence electrons. The molecule has 2 heteroatoms. The lowest BCUT2D eigenvalue weighted by Gasteiger charge is -2.20. The minimum Gasteiger partial charge on any atom is -0.468 e. The summed E-state index contributed by atoms with van der Waals surface area (Å²) >= 11 is 0. The Morgan fingerprint density at radius 1 is 1.11 bits per heavy atom. The van der Waals surface area contributed by atoms with Crippen molar-refractivity contribution >= 4 is 0 Å². The van der Waals surface area contributed by atoms with Crippen LogP contribution in [0.3, 0.4) is 0 Å². The molecule has 1 atom stereocenters. The molecule has 1 aromatic carbocycles. The van der Waals surface area contributed by atoms with Crippen LogP contribution in [-0.4, -0.2) is 7.05 Å². The van der Waals surface area contributed by atoms with E-state index in [2.05, 4.69) is 50.4 Å². The van der Waals surface area contributed by atoms with Gasteiger partial charge in [0, 0.05) is 0 Å². The summed E-state index contributed by atoms with van der Waals surface area (Å²) in [5.41, 5.74) is 2.90. The van der Waals surface area contributed by atoms with E-state index < -0.39 is 0 Å². The van der Waals surface area contributed by atoms with E-state index in [1.165, 1.54) is 11.1 Å². The van der Waals surface area contributed by atoms with Gasteiger partial charge in [0.2, 0.25) is 0 Å². The van der Waals surface area contributed by atoms with E-state index in [0.717, 1.165) is 12.2 Å². The Kier molecular flexibility index (Phi) is 4.11. The van der Waals surface area contributed by atoms with E-state index in [4.69, 9.17) is 4.42 Å². The van der Waals surface area contributed by atoms with Crippen LogP contribution in [0.25, 0.3) is 0 Å². The normalized spacial score (nSPS) is 13.5. The highest BCUT2D eigenvalue weighted by Crippen LogP contribution is 2.24. The molecule has 1 N–H and O–H groups in total. The van der Waals surface area contributed by atoms with Crippen LogP contribution in [0.2, 0.25) is 0 Å². The van der Waals surface area contributed by atoms with Gasteiger partial charge in [-0.1, -0.05) is 45.0 Å². The minimum atomic E-state index is 0.210. The first-order chi connectivity index (χ1) is 9.00. The van der Waals surface area contributed by atoms with Gasteiger partial charge in [-0.05, 0) is 42.1 Å². The highest BCUT2D eigenvalue weighted by Gasteiger charge is 2.15. The number of likely N-dealkylation sites (N-methyl/N-ethyl adjacent to an activating group) is 1. The summed E-state index contributed by atoms with van der Waals surface area (Å²) < 4.78 is 5.47. The Labute approximate surface area is 115 Å². The lowest BCUT2D eigenvalue weighted by Crippen LogP contribution is -2.18. The number of nitrogens with one attached hydrogen (secondary N) is 1. The zero-order valence-corrected chi connectivity index (χ0v) is 12.2. The fraction of sp³-hybridized carbons (Fsp3) is 0.412. The first-order valence-electron chi connectivity index (χ1n) is 6.81. The molecule has 1 unspecified atom stereocenters. The van der Waals surface area contributed by atoms with Crippen molar-refractivity contribution in [3.63, 3.8) is 0 Å². The Hall–Kier alpha value is -1.54. The summed E-state index contributed by atoms with van der Waals surface area (Å²) in [6.45, 7) is 6.71. The largest absolute Gasteiger partial charge is 0.468 e. The fourth-order valence-electron chi connectivity index (χ4n) is 2.21. The molecule has 19 heavy (non-hydrogen) atoms. The Morgan fingerprint density at radius 3 is 2.26 bits per heavy atom. The van der Waals surface area contributed by atoms with Crippen LogP contribution < -0.4 is 5.32 Å². The SMILES string of the molecule is CNC(Cc1ccc(C(C)(C)C)cc1)c1ccco1. The van der Waals surface area contributed by atoms with Gasteiger partial charge < -0.3 is 9.73 Å². The molecule has 0 amide bonds. The van der Waals surface area contributed by atoms with Crippen LogP contribution in [0.4, 0.5) is 0 Å². The molecular weight excluding hydrogens is 234 g/mol. The van der Waals surface area contributed by atoms with Gasteiger partial charge in [0.15, 0.2) is 0 Å². The predicted octanol–water partition coefficient (Wildman–Crippen LogP) is 4.08. The van der Waals surface area contributed by atoms with E-state index in [9.17, 15) is 0 Å². The van der Waals surface area contributed by atoms with Gasteiger partial charge in [0.05, 0.1) is 12.3 Å². The van der Waals surface area contributed by atoms with E-state index in [1.54, 1.807) is 6.26 Å². The first kappa shape index (κ1) is 13.9. The van der Waals surface area contributed by atoms with Gasteiger partial charge in [0.25, 0.3) is 0 Å². The van der Waals surface area contributed by atoms with Crippen molar-refractivity contribution < 1.29 is 4.42 Å². The molecule has 0 aliphatic heterocycles. The zero-order chi connectivity index (χ0) is 13.9. The molecule has 2 nitrogen and oxygen atoms in total. The molecule has 0 saturated heterocycles. The van der Waals surface area contributed by atoms with Crippen LogP contribution in [0, 0.1) is 0 Å². The summed E-state index contributed by atoms with van der Waals surface area (Å²) in [6, 6.07) is 13.1. The molecule has 0 spiro atoms. The number of furan rings is 1. The molecule has 0 fully saturated rings. The second-order valence-electron chi connectivity index (χ2n) is 6.01. The molecule has 1 heterocycles. The molecule has 2 rings (SSSR count). The van der Waals surface area contributed by atoms with Gasteiger partial charge in [0.1, 0.15) is 5.76 Å². The smallest absolute Gasteiger partial charge is 0.121 e. The van der Waals surface area contributed by atoms with Crippen LogP contribution in [0.5, 0.6) is 0 Å². The summed E-state index contributed by atoms with van der Waals surface area (Å²) in [6.07, 6.45) is 2.66. The average molecular weight is 257 g/mol. The van der Waals surface area contributed by atoms with E-state index in [0.29, 0.717) is 0 Å². The van der Waals surface area contributed by atoms with Crippen molar-refractivity contribution in [2.45, 2.75) is 38.6 Å². The molecule has 0 radical (unpaired) electrons. The minimum absolute atomic E-state index is 0.210. The van der Waals surface area contributed by atoms with Crippen molar-refractivity contribution in [1.82, 2.24) is 5.32 Å². The van der Waals surface area contributed by atoms with Gasteiger partial charge in [-0.2, -0.15) is 0 Å². The highest BCUT2D eigenvalue weighted by molar-refractivity contribution is 5.28. The molecule has 0 aliphatic carbocycles. The summed E-state index contributed by atoms with van der Waals surface area (Å²) in [5, 5.41) is 3.30. The van der Waals surface area contributed by atoms with E-state index >= 15 is 0 Å². The topological polar surface area (TPSA) is 25.2 Å². The summed E-state index contributed by atoms with van der Waals surface area (Å²) in [4.78, 5) is 0. The molecule has 0 bridgehead atoms. The van der Waals surface area contributed by atoms with Gasteiger partial charge in [-0.3, -0.25) is 0 Å². The third-order valence-electron chi connectivity index (χ3n) is 3.49. The number of hydrogen-bond donors (Lipinski definition) is 1. The third kappa shape index (κ3) is 3.48. The lowest BCUT2D eigenvalue weighted by atomic mass is 9.86. The second-order valence-corrected chi connectivity index (χ2v) is 6.01. The monoisotopic (exact) mass is 257 g/mol. The molecule has 2 aromatic rings. The fourth-order valence-corrected chi connectivity index (χ4v) is 2.21. The maximum absolute atomic E-state index is 5.47. The third-order valence-corrected chi connectivity index (χ3v) is 3.49. The van der Waals surface area contributed by atoms with Gasteiger partial charge >= 0.3 is 0 Å². The summed E-state index contributed by atoms with van der Waals surface area (Å²) in [7, 11) is 1.97. The Balaban J connectivity index is 2.11. The van der Waals surface area contributed by atoms with Crippen molar-refractivity contribution in [3.8, 4) is 0 Å². The summed E-state index contributed by atoms with van der Waals surface area (Å²) in [5.74, 6) is 0.988. The maximum Gasteiger partial charge on any atom is 0.121 e. The van der Waals surface area contributed by atoms with Gasteiger partial charge in [-0.15, -0.1) is 0 Å². The van der Waals surface area contributed by atoms with Crippen LogP contribution >= 0.6 is 0 Å². The van der Waals surface area contributed by atoms with Crippen LogP contribution in [0.1, 0.15) is 43.7 Å². The number of rotatable bonds is 4. The molecule has 0 aliphatic rings. The van der Waals surface area contributed by atoms with Gasteiger partial charge in [-0.25, -0.2) is 0 Å². The lowest BCUT2D eigenvalue weighted by molar-refractivity contribution is 0.429. The molecule has 1 aromatic heterocycles. The average Bonchev–Trinajstić information content (AvgIpc) is 2.89. The van der Waals surface area contributed by atoms with E-state index in [-0.39, 0.29) is 11.5 Å². The van der Waals surface area contributed by atoms with Crippen molar-refractivity contribution in [3.05, 3.63) is 59.5 Å². The van der Waals surface area contributed by atoms with Crippen LogP contribution in [-0.2, 0) is 11.8 Å². The van der Waals surface area contributed by atoms with Crippen molar-refractivity contribution in [1.29, 1.82) is 0 Å². The number of benzene rings is 1. The standard InChI is InChI=1S/C17H23NO/c1-17(2,3)14-9-7-13(8-10-14)12-15(18-4)16-6-5-11-19-16/h5-11,15,18H,12H2,1-4H3. The van der Waals surface area contributed by atoms with Crippen molar-refractivity contribution in [2.75, 3.05) is 7.05 Å². The predicted molar refractivity (Wildman–Crippen MR) is 79.4 cm³/mol. The number of hydrogen-bond acceptors (Lipinski definition) is 2. The van der Waals surface area contributed by atoms with Crippen LogP contribution in [0.15, 0.2) is 47.1 Å². The van der Waals surface area contributed by atoms with E-state index in [1.807, 2.05) is 19.2 Å². The maximum atomic E-state index is 5.47. The Bertz CT molecular complexity index is 491. The zero-order valence-electron chi connectivity index (χ0n) is 12.2. The molecule has 0 saturated carbocycles. The Morgan fingerprint density at radius 2 is 1.79 bits per heavy atom. The first-order valence-corrected chi connectivity index (χ1v) is 6.81. The molecular formula is C17H23NO.